The predicted molar refractivity (Wildman–Crippen MR) is 138 cm³/mol. The number of carbonyl (C=O) groups excluding carboxylic acids is 2. The van der Waals surface area contributed by atoms with E-state index in [-0.39, 0.29) is 50.7 Å². The average molecular weight is 514 g/mol. The van der Waals surface area contributed by atoms with Crippen molar-refractivity contribution in [1.29, 1.82) is 0 Å². The monoisotopic (exact) mass is 513 g/mol. The van der Waals surface area contributed by atoms with Gasteiger partial charge in [-0.15, -0.1) is 0 Å². The van der Waals surface area contributed by atoms with E-state index in [1.54, 1.807) is 30.3 Å². The van der Waals surface area contributed by atoms with Crippen molar-refractivity contribution in [3.05, 3.63) is 94.4 Å². The molecule has 0 fully saturated rings. The van der Waals surface area contributed by atoms with Crippen LogP contribution < -0.4 is 20.5 Å². The van der Waals surface area contributed by atoms with Gasteiger partial charge < -0.3 is 25.6 Å². The fourth-order valence-electron chi connectivity index (χ4n) is 5.51. The van der Waals surface area contributed by atoms with E-state index >= 15 is 0 Å². The number of hydrogen-bond donors (Lipinski definition) is 3. The molecule has 8 nitrogen and oxygen atoms in total. The summed E-state index contributed by atoms with van der Waals surface area (Å²) >= 11 is 0. The highest BCUT2D eigenvalue weighted by Crippen LogP contribution is 2.59. The van der Waals surface area contributed by atoms with Crippen molar-refractivity contribution in [2.24, 2.45) is 0 Å². The van der Waals surface area contributed by atoms with Gasteiger partial charge in [0.25, 0.3) is 11.7 Å². The number of pyridine rings is 1. The van der Waals surface area contributed by atoms with Gasteiger partial charge in [0, 0.05) is 28.4 Å². The van der Waals surface area contributed by atoms with Crippen LogP contribution in [0.25, 0.3) is 10.9 Å². The second-order valence-corrected chi connectivity index (χ2v) is 9.83. The van der Waals surface area contributed by atoms with Gasteiger partial charge in [-0.05, 0) is 41.8 Å². The third-order valence-corrected chi connectivity index (χ3v) is 7.40. The molecule has 2 aliphatic rings. The molecule has 2 heterocycles. The van der Waals surface area contributed by atoms with Crippen molar-refractivity contribution in [2.75, 3.05) is 12.8 Å². The summed E-state index contributed by atoms with van der Waals surface area (Å²) < 4.78 is 25.6. The van der Waals surface area contributed by atoms with Crippen LogP contribution in [-0.2, 0) is 11.3 Å². The molecule has 0 bridgehead atoms. The summed E-state index contributed by atoms with van der Waals surface area (Å²) in [6, 6.07) is 13.9. The number of ketones is 1. The Hall–Kier alpha value is -4.50. The highest BCUT2D eigenvalue weighted by atomic mass is 19.1. The molecule has 4 N–H and O–H groups in total. The molecule has 38 heavy (non-hydrogen) atoms. The molecule has 192 valence electrons. The number of methoxy groups -OCH3 is 1. The number of nitrogens with two attached hydrogens (primary N) is 1. The van der Waals surface area contributed by atoms with Gasteiger partial charge in [-0.3, -0.25) is 14.6 Å². The van der Waals surface area contributed by atoms with Gasteiger partial charge in [0.2, 0.25) is 11.3 Å². The SMILES string of the molecule is COc1c(C(=O)NC23C(=O)c4c(N)cccc4C2(O)Oc2cc(C(C)C)ccc23)cnc2ccc(F)cc12. The maximum Gasteiger partial charge on any atom is 0.271 e. The number of carbonyl (C=O) groups is 2. The standard InChI is InChI=1S/C29H24FN3O5/c1-14(2)15-7-9-19-23(11-15)38-29(36)20-5-4-6-21(31)24(20)26(34)28(19,29)33-27(35)18-13-32-22-10-8-16(30)12-17(22)25(18)37-3/h4-14,36H,31H2,1-3H3,(H,33,35). The number of nitrogen functional groups attached to an aromatic ring is 1. The van der Waals surface area contributed by atoms with E-state index < -0.39 is 28.8 Å². The van der Waals surface area contributed by atoms with Crippen LogP contribution in [0, 0.1) is 5.82 Å². The molecule has 1 aliphatic heterocycles. The number of ether oxygens (including phenoxy) is 2. The Labute approximate surface area is 217 Å². The van der Waals surface area contributed by atoms with E-state index in [4.69, 9.17) is 15.2 Å². The number of rotatable bonds is 4. The van der Waals surface area contributed by atoms with Gasteiger partial charge in [-0.1, -0.05) is 38.1 Å². The zero-order valence-electron chi connectivity index (χ0n) is 20.8. The number of Topliss-reactive ketones (excluding diaryl/α,β-unsaturated/α-hetero) is 1. The molecule has 2 unspecified atom stereocenters. The fraction of sp³-hybridized carbons (Fsp3) is 0.207. The lowest BCUT2D eigenvalue weighted by Crippen LogP contribution is -2.60. The molecule has 1 aromatic heterocycles. The first-order valence-corrected chi connectivity index (χ1v) is 12.1. The molecule has 0 spiro atoms. The van der Waals surface area contributed by atoms with E-state index in [9.17, 15) is 19.1 Å². The number of aliphatic hydroxyl groups is 1. The topological polar surface area (TPSA) is 124 Å². The third kappa shape index (κ3) is 2.96. The number of aromatic nitrogens is 1. The van der Waals surface area contributed by atoms with Crippen LogP contribution in [0.1, 0.15) is 57.2 Å². The maximum atomic E-state index is 14.2. The Morgan fingerprint density at radius 2 is 1.95 bits per heavy atom. The number of amides is 1. The quantitative estimate of drug-likeness (QED) is 0.350. The van der Waals surface area contributed by atoms with Gasteiger partial charge >= 0.3 is 0 Å². The lowest BCUT2D eigenvalue weighted by Gasteiger charge is -2.34. The predicted octanol–water partition coefficient (Wildman–Crippen LogP) is 4.15. The molecular formula is C29H24FN3O5. The fourth-order valence-corrected chi connectivity index (χ4v) is 5.51. The van der Waals surface area contributed by atoms with Crippen LogP contribution in [0.15, 0.2) is 60.8 Å². The first-order valence-electron chi connectivity index (χ1n) is 12.1. The van der Waals surface area contributed by atoms with E-state index in [0.29, 0.717) is 5.52 Å². The molecule has 4 aromatic rings. The zero-order chi connectivity index (χ0) is 27.0. The first kappa shape index (κ1) is 23.9. The third-order valence-electron chi connectivity index (χ3n) is 7.40. The van der Waals surface area contributed by atoms with Gasteiger partial charge in [0.15, 0.2) is 0 Å². The normalized spacial score (nSPS) is 21.2. The minimum Gasteiger partial charge on any atom is -0.495 e. The molecular weight excluding hydrogens is 489 g/mol. The van der Waals surface area contributed by atoms with E-state index in [1.165, 1.54) is 31.5 Å². The molecule has 9 heteroatoms. The Balaban J connectivity index is 1.56. The molecule has 0 radical (unpaired) electrons. The minimum absolute atomic E-state index is 0.0497. The van der Waals surface area contributed by atoms with Crippen LogP contribution in [0.4, 0.5) is 10.1 Å². The Morgan fingerprint density at radius 3 is 2.68 bits per heavy atom. The second kappa shape index (κ2) is 8.00. The van der Waals surface area contributed by atoms with E-state index in [0.717, 1.165) is 5.56 Å². The van der Waals surface area contributed by atoms with Gasteiger partial charge in [-0.25, -0.2) is 4.39 Å². The van der Waals surface area contributed by atoms with Crippen molar-refractivity contribution in [2.45, 2.75) is 31.1 Å². The minimum atomic E-state index is -2.27. The Kier molecular flexibility index (Phi) is 5.02. The largest absolute Gasteiger partial charge is 0.495 e. The summed E-state index contributed by atoms with van der Waals surface area (Å²) in [5, 5.41) is 15.1. The lowest BCUT2D eigenvalue weighted by atomic mass is 9.82. The van der Waals surface area contributed by atoms with Crippen molar-refractivity contribution >= 4 is 28.3 Å². The summed E-state index contributed by atoms with van der Waals surface area (Å²) in [5.41, 5.74) is 6.07. The Bertz CT molecular complexity index is 1690. The number of nitrogens with one attached hydrogen (secondary N) is 1. The van der Waals surface area contributed by atoms with Gasteiger partial charge in [-0.2, -0.15) is 0 Å². The number of anilines is 1. The van der Waals surface area contributed by atoms with Crippen molar-refractivity contribution < 1.29 is 28.6 Å². The number of nitrogens with zero attached hydrogens (tertiary/aromatic N) is 1. The summed E-state index contributed by atoms with van der Waals surface area (Å²) in [5.74, 6) is -3.70. The highest BCUT2D eigenvalue weighted by Gasteiger charge is 2.72. The van der Waals surface area contributed by atoms with Crippen LogP contribution in [-0.4, -0.2) is 28.9 Å². The van der Waals surface area contributed by atoms with Gasteiger partial charge in [0.1, 0.15) is 22.9 Å². The molecule has 2 atom stereocenters. The molecule has 3 aromatic carbocycles. The van der Waals surface area contributed by atoms with E-state index in [1.807, 2.05) is 19.9 Å². The second-order valence-electron chi connectivity index (χ2n) is 9.83. The van der Waals surface area contributed by atoms with Gasteiger partial charge in [0.05, 0.1) is 18.2 Å². The molecule has 1 amide bonds. The van der Waals surface area contributed by atoms with E-state index in [2.05, 4.69) is 10.3 Å². The number of hydrogen-bond acceptors (Lipinski definition) is 7. The van der Waals surface area contributed by atoms with Crippen LogP contribution in [0.5, 0.6) is 11.5 Å². The van der Waals surface area contributed by atoms with Crippen LogP contribution >= 0.6 is 0 Å². The molecule has 6 rings (SSSR count). The Morgan fingerprint density at radius 1 is 1.16 bits per heavy atom. The zero-order valence-corrected chi connectivity index (χ0v) is 20.8. The summed E-state index contributed by atoms with van der Waals surface area (Å²) in [4.78, 5) is 32.3. The van der Waals surface area contributed by atoms with Crippen LogP contribution in [0.3, 0.4) is 0 Å². The number of fused-ring (bicyclic) bond motifs is 6. The maximum absolute atomic E-state index is 14.2. The molecule has 0 saturated carbocycles. The first-order chi connectivity index (χ1) is 18.1. The molecule has 0 saturated heterocycles. The van der Waals surface area contributed by atoms with Crippen molar-refractivity contribution in [3.63, 3.8) is 0 Å². The highest BCUT2D eigenvalue weighted by molar-refractivity contribution is 6.16. The average Bonchev–Trinajstić information content (AvgIpc) is 3.25. The van der Waals surface area contributed by atoms with Crippen LogP contribution in [0.2, 0.25) is 0 Å². The summed E-state index contributed by atoms with van der Waals surface area (Å²) in [6.45, 7) is 4.01. The summed E-state index contributed by atoms with van der Waals surface area (Å²) in [6.07, 6.45) is 1.28. The molecule has 1 aliphatic carbocycles. The number of benzene rings is 3. The lowest BCUT2D eigenvalue weighted by molar-refractivity contribution is -0.169. The number of halogens is 1. The van der Waals surface area contributed by atoms with Crippen molar-refractivity contribution in [1.82, 2.24) is 10.3 Å². The smallest absolute Gasteiger partial charge is 0.271 e. The van der Waals surface area contributed by atoms with Crippen molar-refractivity contribution in [3.8, 4) is 11.5 Å². The summed E-state index contributed by atoms with van der Waals surface area (Å²) in [7, 11) is 1.35.